The number of carbonyl (C=O) groups is 1. The fourth-order valence-corrected chi connectivity index (χ4v) is 4.68. The molecule has 1 heterocycles. The molecule has 11 heteroatoms. The molecule has 1 aliphatic heterocycles. The molecule has 0 spiro atoms. The molecule has 0 saturated carbocycles. The summed E-state index contributed by atoms with van der Waals surface area (Å²) in [4.78, 5) is 13.9. The van der Waals surface area contributed by atoms with Gasteiger partial charge in [0.15, 0.2) is 0 Å². The summed E-state index contributed by atoms with van der Waals surface area (Å²) >= 11 is 0. The van der Waals surface area contributed by atoms with Crippen LogP contribution in [0.25, 0.3) is 0 Å². The van der Waals surface area contributed by atoms with E-state index in [2.05, 4.69) is 9.46 Å². The Hall–Kier alpha value is -2.95. The quantitative estimate of drug-likeness (QED) is 0.586. The molecular formula is C23H27F3N2O5S. The standard InChI is InChI=1S/C23H27F3N2O5S/c1-22(2,3)33-21(29)28-13-5-7-17(15-28)16-6-4-8-18(14-16)27-34(30,31)20-11-9-19(10-12-20)32-23(24,25)26/h4,6,8-12,14,17,27H,5,7,13,15H2,1-3H3. The van der Waals surface area contributed by atoms with Crippen molar-refractivity contribution in [2.24, 2.45) is 0 Å². The SMILES string of the molecule is CC(C)(C)OC(=O)N1CCCC(c2cccc(NS(=O)(=O)c3ccc(OC(F)(F)F)cc3)c2)C1. The van der Waals surface area contributed by atoms with Gasteiger partial charge in [-0.1, -0.05) is 12.1 Å². The van der Waals surface area contributed by atoms with Gasteiger partial charge in [-0.15, -0.1) is 13.2 Å². The molecule has 0 radical (unpaired) electrons. The fourth-order valence-electron chi connectivity index (χ4n) is 3.63. The van der Waals surface area contributed by atoms with Crippen LogP contribution in [-0.4, -0.2) is 44.5 Å². The molecule has 7 nitrogen and oxygen atoms in total. The Bertz CT molecular complexity index is 1110. The Kier molecular flexibility index (Phi) is 7.35. The molecule has 34 heavy (non-hydrogen) atoms. The Balaban J connectivity index is 1.71. The highest BCUT2D eigenvalue weighted by Gasteiger charge is 2.31. The predicted molar refractivity (Wildman–Crippen MR) is 120 cm³/mol. The van der Waals surface area contributed by atoms with Crippen molar-refractivity contribution in [3.8, 4) is 5.75 Å². The van der Waals surface area contributed by atoms with Gasteiger partial charge in [-0.2, -0.15) is 0 Å². The number of nitrogens with zero attached hydrogens (tertiary/aromatic N) is 1. The van der Waals surface area contributed by atoms with Crippen LogP contribution in [0, 0.1) is 0 Å². The third kappa shape index (κ3) is 7.28. The first-order valence-corrected chi connectivity index (χ1v) is 12.2. The Labute approximate surface area is 196 Å². The van der Waals surface area contributed by atoms with Gasteiger partial charge in [0.05, 0.1) is 4.90 Å². The van der Waals surface area contributed by atoms with Gasteiger partial charge in [0.25, 0.3) is 10.0 Å². The monoisotopic (exact) mass is 500 g/mol. The van der Waals surface area contributed by atoms with Gasteiger partial charge in [-0.05, 0) is 75.6 Å². The zero-order valence-electron chi connectivity index (χ0n) is 19.1. The highest BCUT2D eigenvalue weighted by molar-refractivity contribution is 7.92. The van der Waals surface area contributed by atoms with E-state index in [9.17, 15) is 26.4 Å². The third-order valence-corrected chi connectivity index (χ3v) is 6.45. The van der Waals surface area contributed by atoms with Crippen molar-refractivity contribution < 1.29 is 35.9 Å². The number of nitrogens with one attached hydrogen (secondary N) is 1. The minimum absolute atomic E-state index is 0.00419. The molecule has 1 fully saturated rings. The molecule has 0 bridgehead atoms. The molecule has 1 unspecified atom stereocenters. The molecule has 2 aromatic rings. The van der Waals surface area contributed by atoms with Crippen LogP contribution < -0.4 is 9.46 Å². The van der Waals surface area contributed by atoms with Crippen molar-refractivity contribution in [2.75, 3.05) is 17.8 Å². The van der Waals surface area contributed by atoms with Crippen LogP contribution in [0.4, 0.5) is 23.7 Å². The molecule has 1 amide bonds. The number of ether oxygens (including phenoxy) is 2. The summed E-state index contributed by atoms with van der Waals surface area (Å²) < 4.78 is 74.1. The first-order valence-electron chi connectivity index (χ1n) is 10.7. The van der Waals surface area contributed by atoms with Crippen molar-refractivity contribution >= 4 is 21.8 Å². The number of benzene rings is 2. The number of hydrogen-bond acceptors (Lipinski definition) is 5. The van der Waals surface area contributed by atoms with E-state index in [1.165, 1.54) is 0 Å². The minimum Gasteiger partial charge on any atom is -0.444 e. The smallest absolute Gasteiger partial charge is 0.444 e. The van der Waals surface area contributed by atoms with Crippen LogP contribution in [0.1, 0.15) is 45.1 Å². The van der Waals surface area contributed by atoms with Crippen molar-refractivity contribution in [1.29, 1.82) is 0 Å². The molecule has 1 atom stereocenters. The number of anilines is 1. The number of hydrogen-bond donors (Lipinski definition) is 1. The zero-order valence-corrected chi connectivity index (χ0v) is 19.9. The summed E-state index contributed by atoms with van der Waals surface area (Å²) in [6, 6.07) is 10.8. The van der Waals surface area contributed by atoms with Crippen molar-refractivity contribution in [3.63, 3.8) is 0 Å². The molecule has 1 saturated heterocycles. The maximum absolute atomic E-state index is 12.7. The van der Waals surface area contributed by atoms with Gasteiger partial charge in [0, 0.05) is 24.7 Å². The Morgan fingerprint density at radius 3 is 2.38 bits per heavy atom. The van der Waals surface area contributed by atoms with E-state index < -0.39 is 27.7 Å². The summed E-state index contributed by atoms with van der Waals surface area (Å²) in [5, 5.41) is 0. The van der Waals surface area contributed by atoms with Gasteiger partial charge in [-0.3, -0.25) is 4.72 Å². The fraction of sp³-hybridized carbons (Fsp3) is 0.435. The molecule has 0 aliphatic carbocycles. The number of halogens is 3. The highest BCUT2D eigenvalue weighted by atomic mass is 32.2. The maximum Gasteiger partial charge on any atom is 0.573 e. The summed E-state index contributed by atoms with van der Waals surface area (Å²) in [5.41, 5.74) is 0.573. The van der Waals surface area contributed by atoms with E-state index in [0.29, 0.717) is 18.8 Å². The van der Waals surface area contributed by atoms with Gasteiger partial charge >= 0.3 is 12.5 Å². The van der Waals surface area contributed by atoms with Crippen molar-refractivity contribution in [2.45, 2.75) is 56.4 Å². The molecular weight excluding hydrogens is 473 g/mol. The van der Waals surface area contributed by atoms with Gasteiger partial charge in [-0.25, -0.2) is 13.2 Å². The lowest BCUT2D eigenvalue weighted by atomic mass is 9.90. The first-order chi connectivity index (χ1) is 15.7. The first kappa shape index (κ1) is 25.7. The van der Waals surface area contributed by atoms with Crippen LogP contribution in [0.3, 0.4) is 0 Å². The van der Waals surface area contributed by atoms with Gasteiger partial charge < -0.3 is 14.4 Å². The minimum atomic E-state index is -4.86. The Morgan fingerprint density at radius 1 is 1.09 bits per heavy atom. The van der Waals surface area contributed by atoms with Crippen molar-refractivity contribution in [3.05, 3.63) is 54.1 Å². The lowest BCUT2D eigenvalue weighted by Gasteiger charge is -2.34. The maximum atomic E-state index is 12.7. The van der Waals surface area contributed by atoms with E-state index in [4.69, 9.17) is 4.74 Å². The summed E-state index contributed by atoms with van der Waals surface area (Å²) in [5.74, 6) is -0.509. The second kappa shape index (κ2) is 9.73. The van der Waals surface area contributed by atoms with Crippen LogP contribution in [0.5, 0.6) is 5.75 Å². The molecule has 1 aliphatic rings. The van der Waals surface area contributed by atoms with E-state index in [1.54, 1.807) is 43.9 Å². The number of sulfonamides is 1. The number of carbonyl (C=O) groups excluding carboxylic acids is 1. The molecule has 2 aromatic carbocycles. The largest absolute Gasteiger partial charge is 0.573 e. The second-order valence-corrected chi connectivity index (χ2v) is 10.7. The predicted octanol–water partition coefficient (Wildman–Crippen LogP) is 5.50. The van der Waals surface area contributed by atoms with Crippen LogP contribution in [-0.2, 0) is 14.8 Å². The van der Waals surface area contributed by atoms with Gasteiger partial charge in [0.2, 0.25) is 0 Å². The van der Waals surface area contributed by atoms with Crippen LogP contribution in [0.2, 0.25) is 0 Å². The summed E-state index contributed by atoms with van der Waals surface area (Å²) in [6.45, 7) is 6.45. The van der Waals surface area contributed by atoms with Crippen LogP contribution in [0.15, 0.2) is 53.4 Å². The molecule has 1 N–H and O–H groups in total. The second-order valence-electron chi connectivity index (χ2n) is 9.02. The zero-order chi connectivity index (χ0) is 25.1. The van der Waals surface area contributed by atoms with E-state index in [0.717, 1.165) is 42.7 Å². The number of rotatable bonds is 5. The van der Waals surface area contributed by atoms with Gasteiger partial charge in [0.1, 0.15) is 11.4 Å². The van der Waals surface area contributed by atoms with Crippen LogP contribution >= 0.6 is 0 Å². The molecule has 0 aromatic heterocycles. The number of amides is 1. The number of alkyl halides is 3. The average Bonchev–Trinajstić information content (AvgIpc) is 2.72. The molecule has 186 valence electrons. The summed E-state index contributed by atoms with van der Waals surface area (Å²) in [6.07, 6.45) is -3.63. The lowest BCUT2D eigenvalue weighted by molar-refractivity contribution is -0.274. The molecule has 3 rings (SSSR count). The Morgan fingerprint density at radius 2 is 1.76 bits per heavy atom. The van der Waals surface area contributed by atoms with Crippen molar-refractivity contribution in [1.82, 2.24) is 4.90 Å². The van der Waals surface area contributed by atoms with E-state index >= 15 is 0 Å². The number of likely N-dealkylation sites (tertiary alicyclic amines) is 1. The normalized spacial score (nSPS) is 17.2. The van der Waals surface area contributed by atoms with E-state index in [1.807, 2.05) is 6.07 Å². The average molecular weight is 501 g/mol. The topological polar surface area (TPSA) is 84.9 Å². The number of piperidine rings is 1. The summed E-state index contributed by atoms with van der Waals surface area (Å²) in [7, 11) is -4.04. The van der Waals surface area contributed by atoms with E-state index in [-0.39, 0.29) is 16.9 Å². The lowest BCUT2D eigenvalue weighted by Crippen LogP contribution is -2.42. The highest BCUT2D eigenvalue weighted by Crippen LogP contribution is 2.30. The third-order valence-electron chi connectivity index (χ3n) is 5.05.